The van der Waals surface area contributed by atoms with E-state index in [1.807, 2.05) is 0 Å². The van der Waals surface area contributed by atoms with Gasteiger partial charge in [-0.15, -0.1) is 0 Å². The van der Waals surface area contributed by atoms with Crippen molar-refractivity contribution in [1.82, 2.24) is 9.78 Å². The molecule has 0 saturated heterocycles. The SMILES string of the molecule is Cc1cc(CN)ccc1S(=O)(=O)Nc1ccnn1C. The standard InChI is InChI=1S/C12H16N4O2S/c1-9-7-10(8-13)3-4-11(9)19(17,18)15-12-5-6-14-16(12)2/h3-7,15H,8,13H2,1-2H3. The molecule has 1 aromatic carbocycles. The molecule has 0 atom stereocenters. The van der Waals surface area contributed by atoms with E-state index in [1.54, 1.807) is 38.2 Å². The monoisotopic (exact) mass is 280 g/mol. The van der Waals surface area contributed by atoms with E-state index in [9.17, 15) is 8.42 Å². The zero-order valence-corrected chi connectivity index (χ0v) is 11.6. The van der Waals surface area contributed by atoms with Crippen LogP contribution in [0.4, 0.5) is 5.82 Å². The second kappa shape index (κ2) is 5.02. The lowest BCUT2D eigenvalue weighted by Gasteiger charge is -2.11. The Hall–Kier alpha value is -1.86. The van der Waals surface area contributed by atoms with Crippen molar-refractivity contribution in [1.29, 1.82) is 0 Å². The van der Waals surface area contributed by atoms with Gasteiger partial charge in [0.1, 0.15) is 5.82 Å². The Morgan fingerprint density at radius 1 is 1.37 bits per heavy atom. The Morgan fingerprint density at radius 3 is 2.63 bits per heavy atom. The molecule has 0 radical (unpaired) electrons. The van der Waals surface area contributed by atoms with Gasteiger partial charge < -0.3 is 5.73 Å². The summed E-state index contributed by atoms with van der Waals surface area (Å²) in [6.07, 6.45) is 1.53. The van der Waals surface area contributed by atoms with Crippen LogP contribution in [0.5, 0.6) is 0 Å². The fourth-order valence-corrected chi connectivity index (χ4v) is 3.12. The molecule has 0 unspecified atom stereocenters. The number of hydrogen-bond acceptors (Lipinski definition) is 4. The summed E-state index contributed by atoms with van der Waals surface area (Å²) in [5.74, 6) is 0.419. The van der Waals surface area contributed by atoms with Crippen molar-refractivity contribution in [2.75, 3.05) is 4.72 Å². The van der Waals surface area contributed by atoms with Crippen molar-refractivity contribution in [3.05, 3.63) is 41.6 Å². The van der Waals surface area contributed by atoms with E-state index in [4.69, 9.17) is 5.73 Å². The van der Waals surface area contributed by atoms with E-state index < -0.39 is 10.0 Å². The largest absolute Gasteiger partial charge is 0.326 e. The van der Waals surface area contributed by atoms with Crippen LogP contribution in [0.3, 0.4) is 0 Å². The zero-order chi connectivity index (χ0) is 14.0. The van der Waals surface area contributed by atoms with Crippen molar-refractivity contribution in [2.24, 2.45) is 12.8 Å². The van der Waals surface area contributed by atoms with Gasteiger partial charge in [0.25, 0.3) is 10.0 Å². The highest BCUT2D eigenvalue weighted by Gasteiger charge is 2.18. The van der Waals surface area contributed by atoms with Crippen LogP contribution in [0.2, 0.25) is 0 Å². The summed E-state index contributed by atoms with van der Waals surface area (Å²) in [4.78, 5) is 0.242. The van der Waals surface area contributed by atoms with E-state index in [-0.39, 0.29) is 4.90 Å². The van der Waals surface area contributed by atoms with Crippen LogP contribution < -0.4 is 10.5 Å². The van der Waals surface area contributed by atoms with Crippen molar-refractivity contribution < 1.29 is 8.42 Å². The third-order valence-corrected chi connectivity index (χ3v) is 4.34. The van der Waals surface area contributed by atoms with Gasteiger partial charge in [0, 0.05) is 19.7 Å². The van der Waals surface area contributed by atoms with Crippen LogP contribution in [0.15, 0.2) is 35.4 Å². The molecule has 2 aromatic rings. The summed E-state index contributed by atoms with van der Waals surface area (Å²) < 4.78 is 28.5. The molecule has 0 spiro atoms. The maximum atomic E-state index is 12.3. The molecular formula is C12H16N4O2S. The number of nitrogens with two attached hydrogens (primary N) is 1. The van der Waals surface area contributed by atoms with Crippen molar-refractivity contribution in [3.63, 3.8) is 0 Å². The van der Waals surface area contributed by atoms with Gasteiger partial charge in [-0.2, -0.15) is 5.10 Å². The highest BCUT2D eigenvalue weighted by Crippen LogP contribution is 2.19. The lowest BCUT2D eigenvalue weighted by Crippen LogP contribution is -2.16. The first-order valence-electron chi connectivity index (χ1n) is 5.74. The van der Waals surface area contributed by atoms with Crippen LogP contribution in [0.1, 0.15) is 11.1 Å². The molecule has 6 nitrogen and oxygen atoms in total. The Balaban J connectivity index is 2.37. The third kappa shape index (κ3) is 2.77. The fraction of sp³-hybridized carbons (Fsp3) is 0.250. The van der Waals surface area contributed by atoms with E-state index >= 15 is 0 Å². The molecular weight excluding hydrogens is 264 g/mol. The molecule has 2 rings (SSSR count). The summed E-state index contributed by atoms with van der Waals surface area (Å²) >= 11 is 0. The lowest BCUT2D eigenvalue weighted by atomic mass is 10.1. The minimum Gasteiger partial charge on any atom is -0.326 e. The van der Waals surface area contributed by atoms with Gasteiger partial charge in [-0.1, -0.05) is 12.1 Å². The second-order valence-electron chi connectivity index (χ2n) is 4.25. The van der Waals surface area contributed by atoms with Crippen LogP contribution in [-0.2, 0) is 23.6 Å². The summed E-state index contributed by atoms with van der Waals surface area (Å²) in [7, 11) is -1.94. The fourth-order valence-electron chi connectivity index (χ4n) is 1.81. The molecule has 3 N–H and O–H groups in total. The number of sulfonamides is 1. The zero-order valence-electron chi connectivity index (χ0n) is 10.8. The minimum atomic E-state index is -3.61. The summed E-state index contributed by atoms with van der Waals surface area (Å²) in [6, 6.07) is 6.65. The van der Waals surface area contributed by atoms with Gasteiger partial charge in [-0.05, 0) is 24.1 Å². The third-order valence-electron chi connectivity index (χ3n) is 2.82. The molecule has 1 aromatic heterocycles. The Morgan fingerprint density at radius 2 is 2.11 bits per heavy atom. The van der Waals surface area contributed by atoms with E-state index in [2.05, 4.69) is 9.82 Å². The topological polar surface area (TPSA) is 90.0 Å². The van der Waals surface area contributed by atoms with E-state index in [0.717, 1.165) is 5.56 Å². The van der Waals surface area contributed by atoms with E-state index in [1.165, 1.54) is 10.9 Å². The van der Waals surface area contributed by atoms with Crippen LogP contribution in [0.25, 0.3) is 0 Å². The second-order valence-corrected chi connectivity index (χ2v) is 5.90. The number of aryl methyl sites for hydroxylation is 2. The quantitative estimate of drug-likeness (QED) is 0.873. The van der Waals surface area contributed by atoms with Crippen LogP contribution in [0, 0.1) is 6.92 Å². The maximum Gasteiger partial charge on any atom is 0.263 e. The average molecular weight is 280 g/mol. The van der Waals surface area contributed by atoms with Gasteiger partial charge in [0.15, 0.2) is 0 Å². The number of hydrogen-bond donors (Lipinski definition) is 2. The molecule has 0 saturated carbocycles. The molecule has 0 aliphatic heterocycles. The summed E-state index contributed by atoms with van der Waals surface area (Å²) in [5.41, 5.74) is 7.10. The highest BCUT2D eigenvalue weighted by molar-refractivity contribution is 7.92. The molecule has 0 fully saturated rings. The van der Waals surface area contributed by atoms with Crippen molar-refractivity contribution in [2.45, 2.75) is 18.4 Å². The minimum absolute atomic E-state index is 0.242. The highest BCUT2D eigenvalue weighted by atomic mass is 32.2. The molecule has 0 amide bonds. The van der Waals surface area contributed by atoms with E-state index in [0.29, 0.717) is 17.9 Å². The Kier molecular flexibility index (Phi) is 3.59. The molecule has 102 valence electrons. The Bertz CT molecular complexity index is 692. The molecule has 0 aliphatic carbocycles. The number of aromatic nitrogens is 2. The van der Waals surface area contributed by atoms with Crippen LogP contribution in [-0.4, -0.2) is 18.2 Å². The first kappa shape index (κ1) is 13.6. The number of nitrogens with zero attached hydrogens (tertiary/aromatic N) is 2. The van der Waals surface area contributed by atoms with Crippen molar-refractivity contribution in [3.8, 4) is 0 Å². The first-order valence-corrected chi connectivity index (χ1v) is 7.23. The average Bonchev–Trinajstić information content (AvgIpc) is 2.73. The van der Waals surface area contributed by atoms with Crippen molar-refractivity contribution >= 4 is 15.8 Å². The van der Waals surface area contributed by atoms with Gasteiger partial charge in [0.2, 0.25) is 0 Å². The molecule has 0 aliphatic rings. The smallest absolute Gasteiger partial charge is 0.263 e. The lowest BCUT2D eigenvalue weighted by molar-refractivity contribution is 0.599. The number of benzene rings is 1. The maximum absolute atomic E-state index is 12.3. The van der Waals surface area contributed by atoms with Gasteiger partial charge in [0.05, 0.1) is 11.1 Å². The van der Waals surface area contributed by atoms with Gasteiger partial charge in [-0.25, -0.2) is 8.42 Å². The predicted molar refractivity (Wildman–Crippen MR) is 73.1 cm³/mol. The molecule has 0 bridgehead atoms. The van der Waals surface area contributed by atoms with Crippen LogP contribution >= 0.6 is 0 Å². The number of nitrogens with one attached hydrogen (secondary N) is 1. The summed E-state index contributed by atoms with van der Waals surface area (Å²) in [5, 5.41) is 3.92. The number of anilines is 1. The normalized spacial score (nSPS) is 11.5. The molecule has 1 heterocycles. The predicted octanol–water partition coefficient (Wildman–Crippen LogP) is 0.988. The van der Waals surface area contributed by atoms with Gasteiger partial charge in [-0.3, -0.25) is 9.40 Å². The Labute approximate surface area is 112 Å². The van der Waals surface area contributed by atoms with Gasteiger partial charge >= 0.3 is 0 Å². The number of rotatable bonds is 4. The molecule has 19 heavy (non-hydrogen) atoms. The first-order chi connectivity index (χ1) is 8.94. The molecule has 7 heteroatoms. The summed E-state index contributed by atoms with van der Waals surface area (Å²) in [6.45, 7) is 2.13.